The van der Waals surface area contributed by atoms with Gasteiger partial charge >= 0.3 is 12.0 Å². The Kier molecular flexibility index (Phi) is 4.26. The minimum atomic E-state index is -0.693. The number of methoxy groups -OCH3 is 1. The highest BCUT2D eigenvalue weighted by Gasteiger charge is 2.48. The summed E-state index contributed by atoms with van der Waals surface area (Å²) in [6.07, 6.45) is 0. The quantitative estimate of drug-likeness (QED) is 0.838. The van der Waals surface area contributed by atoms with Crippen molar-refractivity contribution in [1.82, 2.24) is 4.90 Å². The van der Waals surface area contributed by atoms with Gasteiger partial charge in [-0.25, -0.2) is 4.79 Å². The van der Waals surface area contributed by atoms with Crippen molar-refractivity contribution in [2.24, 2.45) is 11.3 Å². The van der Waals surface area contributed by atoms with Gasteiger partial charge in [-0.15, -0.1) is 0 Å². The largest absolute Gasteiger partial charge is 0.486 e. The van der Waals surface area contributed by atoms with Crippen molar-refractivity contribution in [2.75, 3.05) is 38.7 Å². The van der Waals surface area contributed by atoms with Crippen LogP contribution in [0.3, 0.4) is 0 Å². The summed E-state index contributed by atoms with van der Waals surface area (Å²) in [7, 11) is 1.37. The zero-order valence-electron chi connectivity index (χ0n) is 14.1. The minimum absolute atomic E-state index is 0.0139. The Morgan fingerprint density at radius 2 is 2.08 bits per heavy atom. The Morgan fingerprint density at radius 1 is 1.33 bits per heavy atom. The molecule has 2 aliphatic rings. The first kappa shape index (κ1) is 16.4. The Balaban J connectivity index is 1.74. The monoisotopic (exact) mass is 334 g/mol. The predicted molar refractivity (Wildman–Crippen MR) is 87.3 cm³/mol. The molecule has 2 atom stereocenters. The molecule has 7 heteroatoms. The maximum absolute atomic E-state index is 12.6. The fourth-order valence-corrected chi connectivity index (χ4v) is 3.17. The van der Waals surface area contributed by atoms with E-state index in [1.54, 1.807) is 23.1 Å². The van der Waals surface area contributed by atoms with E-state index in [0.29, 0.717) is 43.5 Å². The van der Waals surface area contributed by atoms with E-state index in [-0.39, 0.29) is 17.9 Å². The van der Waals surface area contributed by atoms with E-state index < -0.39 is 5.41 Å². The van der Waals surface area contributed by atoms with E-state index in [1.165, 1.54) is 7.11 Å². The molecule has 0 radical (unpaired) electrons. The maximum atomic E-state index is 12.6. The summed E-state index contributed by atoms with van der Waals surface area (Å²) in [5.41, 5.74) is -0.126. The first-order valence-electron chi connectivity index (χ1n) is 7.98. The standard InChI is InChI=1S/C17H22N2O5/c1-11-9-19(10-17(11,2)15(20)22-3)16(21)18-12-5-4-6-13-14(12)24-8-7-23-13/h4-6,11H,7-10H2,1-3H3,(H,18,21)/t11-,17-/m1/s1. The summed E-state index contributed by atoms with van der Waals surface area (Å²) in [6, 6.07) is 5.10. The number of likely N-dealkylation sites (tertiary alicyclic amines) is 1. The summed E-state index contributed by atoms with van der Waals surface area (Å²) in [4.78, 5) is 26.3. The normalized spacial score (nSPS) is 25.3. The number of urea groups is 1. The van der Waals surface area contributed by atoms with Gasteiger partial charge in [-0.05, 0) is 25.0 Å². The van der Waals surface area contributed by atoms with E-state index in [0.717, 1.165) is 0 Å². The lowest BCUT2D eigenvalue weighted by Gasteiger charge is -2.25. The molecule has 0 saturated carbocycles. The second kappa shape index (κ2) is 6.22. The lowest BCUT2D eigenvalue weighted by molar-refractivity contribution is -0.152. The van der Waals surface area contributed by atoms with Gasteiger partial charge in [0.05, 0.1) is 18.2 Å². The van der Waals surface area contributed by atoms with E-state index >= 15 is 0 Å². The molecule has 0 unspecified atom stereocenters. The smallest absolute Gasteiger partial charge is 0.321 e. The minimum Gasteiger partial charge on any atom is -0.486 e. The molecule has 24 heavy (non-hydrogen) atoms. The van der Waals surface area contributed by atoms with Crippen molar-refractivity contribution >= 4 is 17.7 Å². The van der Waals surface area contributed by atoms with E-state index in [2.05, 4.69) is 5.32 Å². The zero-order chi connectivity index (χ0) is 17.3. The third-order valence-corrected chi connectivity index (χ3v) is 4.85. The van der Waals surface area contributed by atoms with Crippen molar-refractivity contribution in [1.29, 1.82) is 0 Å². The number of rotatable bonds is 2. The van der Waals surface area contributed by atoms with Crippen LogP contribution in [-0.4, -0.2) is 50.3 Å². The molecule has 3 rings (SSSR count). The van der Waals surface area contributed by atoms with Gasteiger partial charge in [0.25, 0.3) is 0 Å². The molecule has 130 valence electrons. The van der Waals surface area contributed by atoms with Crippen LogP contribution < -0.4 is 14.8 Å². The average Bonchev–Trinajstić information content (AvgIpc) is 2.91. The molecule has 0 aliphatic carbocycles. The molecule has 0 bridgehead atoms. The number of para-hydroxylation sites is 1. The SMILES string of the molecule is COC(=O)[C@]1(C)CN(C(=O)Nc2cccc3c2OCCO3)C[C@H]1C. The maximum Gasteiger partial charge on any atom is 0.321 e. The average molecular weight is 334 g/mol. The highest BCUT2D eigenvalue weighted by Crippen LogP contribution is 2.39. The topological polar surface area (TPSA) is 77.1 Å². The van der Waals surface area contributed by atoms with Crippen LogP contribution in [0.4, 0.5) is 10.5 Å². The lowest BCUT2D eigenvalue weighted by atomic mass is 9.81. The molecule has 7 nitrogen and oxygen atoms in total. The summed E-state index contributed by atoms with van der Waals surface area (Å²) in [5, 5.41) is 2.86. The van der Waals surface area contributed by atoms with Gasteiger partial charge in [-0.1, -0.05) is 13.0 Å². The Labute approximate surface area is 140 Å². The third-order valence-electron chi connectivity index (χ3n) is 4.85. The number of carbonyl (C=O) groups is 2. The highest BCUT2D eigenvalue weighted by molar-refractivity contribution is 5.92. The van der Waals surface area contributed by atoms with Gasteiger partial charge in [-0.2, -0.15) is 0 Å². The lowest BCUT2D eigenvalue weighted by Crippen LogP contribution is -2.38. The molecule has 2 aliphatic heterocycles. The van der Waals surface area contributed by atoms with Crippen molar-refractivity contribution in [3.63, 3.8) is 0 Å². The van der Waals surface area contributed by atoms with Crippen LogP contribution in [0.25, 0.3) is 0 Å². The molecule has 0 aromatic heterocycles. The molecular weight excluding hydrogens is 312 g/mol. The summed E-state index contributed by atoms with van der Waals surface area (Å²) < 4.78 is 16.0. The van der Waals surface area contributed by atoms with Gasteiger partial charge in [0.1, 0.15) is 13.2 Å². The fraction of sp³-hybridized carbons (Fsp3) is 0.529. The molecule has 1 fully saturated rings. The Bertz CT molecular complexity index is 662. The highest BCUT2D eigenvalue weighted by atomic mass is 16.6. The number of amides is 2. The van der Waals surface area contributed by atoms with Gasteiger partial charge in [0.15, 0.2) is 11.5 Å². The Morgan fingerprint density at radius 3 is 2.83 bits per heavy atom. The van der Waals surface area contributed by atoms with E-state index in [1.807, 2.05) is 13.8 Å². The van der Waals surface area contributed by atoms with Crippen LogP contribution >= 0.6 is 0 Å². The number of nitrogens with zero attached hydrogens (tertiary/aromatic N) is 1. The van der Waals surface area contributed by atoms with Crippen molar-refractivity contribution in [2.45, 2.75) is 13.8 Å². The first-order valence-corrected chi connectivity index (χ1v) is 7.98. The van der Waals surface area contributed by atoms with Crippen LogP contribution in [0.2, 0.25) is 0 Å². The number of anilines is 1. The zero-order valence-corrected chi connectivity index (χ0v) is 14.1. The second-order valence-electron chi connectivity index (χ2n) is 6.45. The third kappa shape index (κ3) is 2.74. The summed E-state index contributed by atoms with van der Waals surface area (Å²) >= 11 is 0. The molecule has 1 aromatic carbocycles. The number of fused-ring (bicyclic) bond motifs is 1. The van der Waals surface area contributed by atoms with Gasteiger partial charge < -0.3 is 24.4 Å². The number of nitrogens with one attached hydrogen (secondary N) is 1. The molecule has 1 N–H and O–H groups in total. The van der Waals surface area contributed by atoms with E-state index in [4.69, 9.17) is 14.2 Å². The molecule has 2 amide bonds. The molecule has 1 saturated heterocycles. The predicted octanol–water partition coefficient (Wildman–Crippen LogP) is 2.12. The van der Waals surface area contributed by atoms with Crippen LogP contribution in [-0.2, 0) is 9.53 Å². The number of benzene rings is 1. The van der Waals surface area contributed by atoms with Crippen molar-refractivity contribution in [3.8, 4) is 11.5 Å². The second-order valence-corrected chi connectivity index (χ2v) is 6.45. The number of hydrogen-bond acceptors (Lipinski definition) is 5. The van der Waals surface area contributed by atoms with Crippen LogP contribution in [0.5, 0.6) is 11.5 Å². The summed E-state index contributed by atoms with van der Waals surface area (Å²) in [6.45, 7) is 5.53. The number of ether oxygens (including phenoxy) is 3. The molecule has 1 aromatic rings. The number of hydrogen-bond donors (Lipinski definition) is 1. The van der Waals surface area contributed by atoms with Crippen molar-refractivity contribution < 1.29 is 23.8 Å². The van der Waals surface area contributed by atoms with Gasteiger partial charge in [-0.3, -0.25) is 4.79 Å². The van der Waals surface area contributed by atoms with E-state index in [9.17, 15) is 9.59 Å². The van der Waals surface area contributed by atoms with Crippen molar-refractivity contribution in [3.05, 3.63) is 18.2 Å². The van der Waals surface area contributed by atoms with Crippen LogP contribution in [0, 0.1) is 11.3 Å². The number of esters is 1. The van der Waals surface area contributed by atoms with Gasteiger partial charge in [0, 0.05) is 13.1 Å². The van der Waals surface area contributed by atoms with Gasteiger partial charge in [0.2, 0.25) is 0 Å². The fourth-order valence-electron chi connectivity index (χ4n) is 3.17. The van der Waals surface area contributed by atoms with Crippen LogP contribution in [0.15, 0.2) is 18.2 Å². The Hall–Kier alpha value is -2.44. The molecule has 0 spiro atoms. The molecular formula is C17H22N2O5. The molecule has 2 heterocycles. The number of carbonyl (C=O) groups excluding carboxylic acids is 2. The first-order chi connectivity index (χ1) is 11.5. The van der Waals surface area contributed by atoms with Crippen LogP contribution in [0.1, 0.15) is 13.8 Å². The summed E-state index contributed by atoms with van der Waals surface area (Å²) in [5.74, 6) is 0.882.